The van der Waals surface area contributed by atoms with Crippen LogP contribution < -0.4 is 11.1 Å². The van der Waals surface area contributed by atoms with Gasteiger partial charge < -0.3 is 15.8 Å². The molecular formula is C10H20N2O. The molecular weight excluding hydrogens is 164 g/mol. The maximum atomic E-state index is 5.76. The van der Waals surface area contributed by atoms with Crippen LogP contribution in [0, 0.1) is 5.92 Å². The molecule has 0 aromatic rings. The van der Waals surface area contributed by atoms with Gasteiger partial charge in [0.1, 0.15) is 0 Å². The standard InChI is InChI=1S/C10H20N2O/c11-7-10(4-6-13-8-10)12-5-3-9-1-2-9/h9,12H,1-8,11H2. The Morgan fingerprint density at radius 1 is 1.46 bits per heavy atom. The second-order valence-corrected chi connectivity index (χ2v) is 4.45. The molecule has 1 unspecified atom stereocenters. The summed E-state index contributed by atoms with van der Waals surface area (Å²) < 4.78 is 5.38. The molecule has 0 radical (unpaired) electrons. The summed E-state index contributed by atoms with van der Waals surface area (Å²) >= 11 is 0. The minimum absolute atomic E-state index is 0.106. The van der Waals surface area contributed by atoms with E-state index in [1.807, 2.05) is 0 Å². The lowest BCUT2D eigenvalue weighted by Crippen LogP contribution is -2.52. The van der Waals surface area contributed by atoms with Gasteiger partial charge in [0.2, 0.25) is 0 Å². The van der Waals surface area contributed by atoms with E-state index in [4.69, 9.17) is 10.5 Å². The SMILES string of the molecule is NCC1(NCCC2CC2)CCOC1. The molecule has 76 valence electrons. The third kappa shape index (κ3) is 2.42. The highest BCUT2D eigenvalue weighted by Crippen LogP contribution is 2.32. The van der Waals surface area contributed by atoms with Crippen molar-refractivity contribution in [1.82, 2.24) is 5.32 Å². The minimum atomic E-state index is 0.106. The van der Waals surface area contributed by atoms with E-state index in [0.717, 1.165) is 32.1 Å². The van der Waals surface area contributed by atoms with E-state index in [-0.39, 0.29) is 5.54 Å². The highest BCUT2D eigenvalue weighted by atomic mass is 16.5. The summed E-state index contributed by atoms with van der Waals surface area (Å²) in [7, 11) is 0. The van der Waals surface area contributed by atoms with Crippen LogP contribution in [0.15, 0.2) is 0 Å². The molecule has 0 aromatic heterocycles. The first-order chi connectivity index (χ1) is 6.35. The molecule has 0 aromatic carbocycles. The summed E-state index contributed by atoms with van der Waals surface area (Å²) in [5.74, 6) is 1.00. The van der Waals surface area contributed by atoms with Crippen LogP contribution in [0.4, 0.5) is 0 Å². The van der Waals surface area contributed by atoms with E-state index in [9.17, 15) is 0 Å². The Bertz CT molecular complexity index is 162. The summed E-state index contributed by atoms with van der Waals surface area (Å²) in [5.41, 5.74) is 5.86. The lowest BCUT2D eigenvalue weighted by Gasteiger charge is -2.27. The van der Waals surface area contributed by atoms with E-state index in [0.29, 0.717) is 6.54 Å². The number of ether oxygens (including phenoxy) is 1. The normalized spacial score (nSPS) is 33.9. The van der Waals surface area contributed by atoms with Crippen LogP contribution in [-0.2, 0) is 4.74 Å². The van der Waals surface area contributed by atoms with E-state index in [2.05, 4.69) is 5.32 Å². The molecule has 1 aliphatic heterocycles. The van der Waals surface area contributed by atoms with Crippen molar-refractivity contribution in [3.63, 3.8) is 0 Å². The van der Waals surface area contributed by atoms with Gasteiger partial charge in [-0.25, -0.2) is 0 Å². The summed E-state index contributed by atoms with van der Waals surface area (Å²) in [6.45, 7) is 3.49. The number of nitrogens with two attached hydrogens (primary N) is 1. The summed E-state index contributed by atoms with van der Waals surface area (Å²) in [4.78, 5) is 0. The molecule has 3 N–H and O–H groups in total. The zero-order chi connectivity index (χ0) is 9.15. The lowest BCUT2D eigenvalue weighted by atomic mass is 9.99. The lowest BCUT2D eigenvalue weighted by molar-refractivity contribution is 0.168. The first kappa shape index (κ1) is 9.44. The number of nitrogens with one attached hydrogen (secondary N) is 1. The Morgan fingerprint density at radius 2 is 2.31 bits per heavy atom. The van der Waals surface area contributed by atoms with Crippen molar-refractivity contribution in [1.29, 1.82) is 0 Å². The summed E-state index contributed by atoms with van der Waals surface area (Å²) in [6.07, 6.45) is 5.28. The maximum Gasteiger partial charge on any atom is 0.0661 e. The van der Waals surface area contributed by atoms with Gasteiger partial charge in [-0.1, -0.05) is 12.8 Å². The molecule has 1 aliphatic carbocycles. The molecule has 1 saturated heterocycles. The van der Waals surface area contributed by atoms with Gasteiger partial charge in [0.25, 0.3) is 0 Å². The quantitative estimate of drug-likeness (QED) is 0.654. The fourth-order valence-corrected chi connectivity index (χ4v) is 1.93. The van der Waals surface area contributed by atoms with Gasteiger partial charge in [0, 0.05) is 13.2 Å². The Balaban J connectivity index is 1.69. The largest absolute Gasteiger partial charge is 0.379 e. The third-order valence-corrected chi connectivity index (χ3v) is 3.24. The van der Waals surface area contributed by atoms with Gasteiger partial charge in [0.15, 0.2) is 0 Å². The molecule has 2 fully saturated rings. The van der Waals surface area contributed by atoms with Crippen LogP contribution >= 0.6 is 0 Å². The smallest absolute Gasteiger partial charge is 0.0661 e. The Labute approximate surface area is 80.0 Å². The van der Waals surface area contributed by atoms with E-state index in [1.165, 1.54) is 19.3 Å². The highest BCUT2D eigenvalue weighted by molar-refractivity contribution is 4.93. The van der Waals surface area contributed by atoms with E-state index < -0.39 is 0 Å². The number of hydrogen-bond donors (Lipinski definition) is 2. The molecule has 1 saturated carbocycles. The van der Waals surface area contributed by atoms with Crippen molar-refractivity contribution in [3.05, 3.63) is 0 Å². The molecule has 1 atom stereocenters. The molecule has 0 spiro atoms. The second kappa shape index (κ2) is 3.95. The van der Waals surface area contributed by atoms with Gasteiger partial charge in [-0.15, -0.1) is 0 Å². The predicted molar refractivity (Wildman–Crippen MR) is 52.6 cm³/mol. The molecule has 2 aliphatic rings. The summed E-state index contributed by atoms with van der Waals surface area (Å²) in [6, 6.07) is 0. The fourth-order valence-electron chi connectivity index (χ4n) is 1.93. The molecule has 3 heteroatoms. The van der Waals surface area contributed by atoms with Gasteiger partial charge in [0.05, 0.1) is 12.1 Å². The zero-order valence-electron chi connectivity index (χ0n) is 8.22. The predicted octanol–water partition coefficient (Wildman–Crippen LogP) is 0.494. The van der Waals surface area contributed by atoms with Crippen molar-refractivity contribution < 1.29 is 4.74 Å². The highest BCUT2D eigenvalue weighted by Gasteiger charge is 2.33. The zero-order valence-corrected chi connectivity index (χ0v) is 8.22. The van der Waals surface area contributed by atoms with Gasteiger partial charge >= 0.3 is 0 Å². The van der Waals surface area contributed by atoms with Crippen LogP contribution in [0.25, 0.3) is 0 Å². The monoisotopic (exact) mass is 184 g/mol. The van der Waals surface area contributed by atoms with Crippen LogP contribution in [0.3, 0.4) is 0 Å². The van der Waals surface area contributed by atoms with Crippen molar-refractivity contribution >= 4 is 0 Å². The van der Waals surface area contributed by atoms with E-state index >= 15 is 0 Å². The van der Waals surface area contributed by atoms with Crippen molar-refractivity contribution in [2.45, 2.75) is 31.2 Å². The average Bonchev–Trinajstić information content (AvgIpc) is 2.84. The fraction of sp³-hybridized carbons (Fsp3) is 1.00. The van der Waals surface area contributed by atoms with Gasteiger partial charge in [-0.3, -0.25) is 0 Å². The molecule has 0 bridgehead atoms. The number of rotatable bonds is 5. The second-order valence-electron chi connectivity index (χ2n) is 4.45. The summed E-state index contributed by atoms with van der Waals surface area (Å²) in [5, 5.41) is 3.57. The van der Waals surface area contributed by atoms with Crippen LogP contribution in [0.2, 0.25) is 0 Å². The van der Waals surface area contributed by atoms with Gasteiger partial charge in [-0.05, 0) is 25.3 Å². The first-order valence-corrected chi connectivity index (χ1v) is 5.37. The molecule has 0 amide bonds. The van der Waals surface area contributed by atoms with Crippen LogP contribution in [-0.4, -0.2) is 31.8 Å². The first-order valence-electron chi connectivity index (χ1n) is 5.37. The maximum absolute atomic E-state index is 5.76. The average molecular weight is 184 g/mol. The van der Waals surface area contributed by atoms with Gasteiger partial charge in [-0.2, -0.15) is 0 Å². The van der Waals surface area contributed by atoms with E-state index in [1.54, 1.807) is 0 Å². The van der Waals surface area contributed by atoms with Crippen molar-refractivity contribution in [2.24, 2.45) is 11.7 Å². The molecule has 13 heavy (non-hydrogen) atoms. The Hall–Kier alpha value is -0.120. The molecule has 3 nitrogen and oxygen atoms in total. The van der Waals surface area contributed by atoms with Crippen LogP contribution in [0.5, 0.6) is 0 Å². The molecule has 1 heterocycles. The molecule has 2 rings (SSSR count). The van der Waals surface area contributed by atoms with Crippen LogP contribution in [0.1, 0.15) is 25.7 Å². The Morgan fingerprint density at radius 3 is 2.85 bits per heavy atom. The number of hydrogen-bond acceptors (Lipinski definition) is 3. The minimum Gasteiger partial charge on any atom is -0.379 e. The Kier molecular flexibility index (Phi) is 2.86. The van der Waals surface area contributed by atoms with Crippen molar-refractivity contribution in [2.75, 3.05) is 26.3 Å². The third-order valence-electron chi connectivity index (χ3n) is 3.24. The van der Waals surface area contributed by atoms with Crippen molar-refractivity contribution in [3.8, 4) is 0 Å². The topological polar surface area (TPSA) is 47.3 Å².